The Hall–Kier alpha value is -2.92. The molecule has 2 heterocycles. The van der Waals surface area contributed by atoms with Crippen molar-refractivity contribution in [3.8, 4) is 11.3 Å². The molecule has 0 spiro atoms. The van der Waals surface area contributed by atoms with Crippen LogP contribution in [0.1, 0.15) is 40.9 Å². The molecule has 0 saturated carbocycles. The molecule has 1 N–H and O–H groups in total. The highest BCUT2D eigenvalue weighted by molar-refractivity contribution is 5.94. The first-order valence-electron chi connectivity index (χ1n) is 10.9. The first-order valence-corrected chi connectivity index (χ1v) is 10.9. The smallest absolute Gasteiger partial charge is 0.253 e. The Balaban J connectivity index is 1.28. The molecular formula is C25H30N4O. The topological polar surface area (TPSA) is 52.2 Å². The van der Waals surface area contributed by atoms with Crippen molar-refractivity contribution in [2.45, 2.75) is 32.2 Å². The largest absolute Gasteiger partial charge is 0.342 e. The lowest BCUT2D eigenvalue weighted by molar-refractivity contribution is 0.0793. The molecule has 0 bridgehead atoms. The van der Waals surface area contributed by atoms with Crippen LogP contribution in [0.3, 0.4) is 0 Å². The Kier molecular flexibility index (Phi) is 6.60. The fourth-order valence-electron chi connectivity index (χ4n) is 4.08. The van der Waals surface area contributed by atoms with Crippen LogP contribution in [0, 0.1) is 0 Å². The average Bonchev–Trinajstić information content (AvgIpc) is 3.46. The molecule has 1 aromatic heterocycles. The lowest BCUT2D eigenvalue weighted by Crippen LogP contribution is -2.28. The highest BCUT2D eigenvalue weighted by atomic mass is 16.2. The number of nitrogens with one attached hydrogen (secondary N) is 1. The molecule has 1 aliphatic heterocycles. The normalized spacial score (nSPS) is 14.2. The third kappa shape index (κ3) is 5.16. The van der Waals surface area contributed by atoms with E-state index < -0.39 is 0 Å². The summed E-state index contributed by atoms with van der Waals surface area (Å²) in [6.45, 7) is 3.98. The van der Waals surface area contributed by atoms with Crippen LogP contribution in [0.4, 0.5) is 0 Å². The number of carbonyl (C=O) groups excluding carboxylic acids is 1. The number of nitrogens with zero attached hydrogens (tertiary/aromatic N) is 3. The van der Waals surface area contributed by atoms with Crippen LogP contribution in [-0.2, 0) is 13.0 Å². The molecule has 1 fully saturated rings. The van der Waals surface area contributed by atoms with Crippen LogP contribution in [0.5, 0.6) is 0 Å². The van der Waals surface area contributed by atoms with Gasteiger partial charge in [0, 0.05) is 37.0 Å². The number of aromatic nitrogens is 2. The highest BCUT2D eigenvalue weighted by Gasteiger charge is 2.15. The second kappa shape index (κ2) is 9.72. The minimum atomic E-state index is 0.0906. The number of hydrogen-bond acceptors (Lipinski definition) is 3. The lowest BCUT2D eigenvalue weighted by Gasteiger charge is -2.18. The summed E-state index contributed by atoms with van der Waals surface area (Å²) in [5.41, 5.74) is 5.18. The van der Waals surface area contributed by atoms with Gasteiger partial charge in [-0.1, -0.05) is 42.5 Å². The maximum absolute atomic E-state index is 12.9. The van der Waals surface area contributed by atoms with E-state index in [9.17, 15) is 4.79 Å². The Labute approximate surface area is 178 Å². The Bertz CT molecular complexity index is 960. The van der Waals surface area contributed by atoms with Crippen LogP contribution >= 0.6 is 0 Å². The molecule has 30 heavy (non-hydrogen) atoms. The van der Waals surface area contributed by atoms with Crippen molar-refractivity contribution in [2.24, 2.45) is 0 Å². The first-order chi connectivity index (χ1) is 14.7. The van der Waals surface area contributed by atoms with Gasteiger partial charge in [-0.2, -0.15) is 5.10 Å². The zero-order chi connectivity index (χ0) is 20.8. The number of H-pyrrole nitrogens is 1. The summed E-state index contributed by atoms with van der Waals surface area (Å²) in [4.78, 5) is 17.1. The number of aromatic amines is 1. The molecule has 1 saturated heterocycles. The monoisotopic (exact) mass is 402 g/mol. The van der Waals surface area contributed by atoms with Crippen molar-refractivity contribution in [3.05, 3.63) is 77.5 Å². The summed E-state index contributed by atoms with van der Waals surface area (Å²) in [5.74, 6) is 0.0906. The molecule has 0 aliphatic carbocycles. The minimum absolute atomic E-state index is 0.0906. The van der Waals surface area contributed by atoms with Gasteiger partial charge < -0.3 is 4.90 Å². The van der Waals surface area contributed by atoms with Gasteiger partial charge >= 0.3 is 0 Å². The van der Waals surface area contributed by atoms with Gasteiger partial charge in [0.2, 0.25) is 0 Å². The number of amides is 1. The third-order valence-electron chi connectivity index (χ3n) is 5.77. The SMILES string of the molecule is CN(CCCc1cc(-c2ccccc2)n[nH]1)C(=O)c1cccc(CN2CCCC2)c1. The number of benzene rings is 2. The van der Waals surface area contributed by atoms with E-state index in [0.717, 1.165) is 61.5 Å². The van der Waals surface area contributed by atoms with E-state index in [0.29, 0.717) is 0 Å². The molecule has 5 heteroatoms. The second-order valence-corrected chi connectivity index (χ2v) is 8.16. The fourth-order valence-corrected chi connectivity index (χ4v) is 4.08. The van der Waals surface area contributed by atoms with Crippen LogP contribution in [0.25, 0.3) is 11.3 Å². The predicted octanol–water partition coefficient (Wildman–Crippen LogP) is 4.38. The van der Waals surface area contributed by atoms with E-state index >= 15 is 0 Å². The molecule has 0 unspecified atom stereocenters. The molecule has 0 radical (unpaired) electrons. The van der Waals surface area contributed by atoms with Crippen molar-refractivity contribution < 1.29 is 4.79 Å². The average molecular weight is 403 g/mol. The van der Waals surface area contributed by atoms with E-state index in [2.05, 4.69) is 45.4 Å². The van der Waals surface area contributed by atoms with Gasteiger partial charge in [-0.05, 0) is 62.5 Å². The van der Waals surface area contributed by atoms with Gasteiger partial charge in [0.05, 0.1) is 5.69 Å². The summed E-state index contributed by atoms with van der Waals surface area (Å²) in [6.07, 6.45) is 4.33. The van der Waals surface area contributed by atoms with Gasteiger partial charge in [-0.25, -0.2) is 0 Å². The van der Waals surface area contributed by atoms with Crippen molar-refractivity contribution >= 4 is 5.91 Å². The maximum atomic E-state index is 12.9. The Morgan fingerprint density at radius 3 is 2.67 bits per heavy atom. The zero-order valence-corrected chi connectivity index (χ0v) is 17.7. The molecule has 5 nitrogen and oxygen atoms in total. The maximum Gasteiger partial charge on any atom is 0.253 e. The number of aryl methyl sites for hydroxylation is 1. The molecule has 0 atom stereocenters. The van der Waals surface area contributed by atoms with Crippen LogP contribution < -0.4 is 0 Å². The van der Waals surface area contributed by atoms with Gasteiger partial charge in [0.15, 0.2) is 0 Å². The molecule has 3 aromatic rings. The molecule has 2 aromatic carbocycles. The van der Waals surface area contributed by atoms with Gasteiger partial charge in [-0.3, -0.25) is 14.8 Å². The van der Waals surface area contributed by atoms with Crippen LogP contribution in [0.2, 0.25) is 0 Å². The number of likely N-dealkylation sites (tertiary alicyclic amines) is 1. The minimum Gasteiger partial charge on any atom is -0.342 e. The van der Waals surface area contributed by atoms with Gasteiger partial charge in [0.25, 0.3) is 5.91 Å². The summed E-state index contributed by atoms with van der Waals surface area (Å²) in [6, 6.07) is 20.4. The standard InChI is InChI=1S/C25H30N4O/c1-28(14-8-13-23-18-24(27-26-23)21-10-3-2-4-11-21)25(30)22-12-7-9-20(17-22)19-29-15-5-6-16-29/h2-4,7,9-12,17-18H,5-6,8,13-16,19H2,1H3,(H,26,27). The van der Waals surface area contributed by atoms with Crippen LogP contribution in [0.15, 0.2) is 60.7 Å². The molecule has 156 valence electrons. The summed E-state index contributed by atoms with van der Waals surface area (Å²) in [7, 11) is 1.89. The molecule has 4 rings (SSSR count). The van der Waals surface area contributed by atoms with E-state index in [1.807, 2.05) is 42.3 Å². The van der Waals surface area contributed by atoms with E-state index in [1.54, 1.807) is 0 Å². The van der Waals surface area contributed by atoms with Crippen molar-refractivity contribution in [1.29, 1.82) is 0 Å². The number of carbonyl (C=O) groups is 1. The molecule has 1 amide bonds. The summed E-state index contributed by atoms with van der Waals surface area (Å²) >= 11 is 0. The first kappa shape index (κ1) is 20.4. The Morgan fingerprint density at radius 2 is 1.87 bits per heavy atom. The van der Waals surface area contributed by atoms with Crippen molar-refractivity contribution in [1.82, 2.24) is 20.0 Å². The number of rotatable bonds is 8. The lowest BCUT2D eigenvalue weighted by atomic mass is 10.1. The predicted molar refractivity (Wildman–Crippen MR) is 120 cm³/mol. The van der Waals surface area contributed by atoms with E-state index in [-0.39, 0.29) is 5.91 Å². The second-order valence-electron chi connectivity index (χ2n) is 8.16. The van der Waals surface area contributed by atoms with Crippen molar-refractivity contribution in [3.63, 3.8) is 0 Å². The number of hydrogen-bond donors (Lipinski definition) is 1. The Morgan fingerprint density at radius 1 is 1.07 bits per heavy atom. The quantitative estimate of drug-likeness (QED) is 0.608. The summed E-state index contributed by atoms with van der Waals surface area (Å²) in [5, 5.41) is 7.53. The van der Waals surface area contributed by atoms with E-state index in [4.69, 9.17) is 0 Å². The van der Waals surface area contributed by atoms with Crippen molar-refractivity contribution in [2.75, 3.05) is 26.7 Å². The molecule has 1 aliphatic rings. The fraction of sp³-hybridized carbons (Fsp3) is 0.360. The van der Waals surface area contributed by atoms with Gasteiger partial charge in [0.1, 0.15) is 0 Å². The van der Waals surface area contributed by atoms with E-state index in [1.165, 1.54) is 18.4 Å². The van der Waals surface area contributed by atoms with Crippen LogP contribution in [-0.4, -0.2) is 52.6 Å². The third-order valence-corrected chi connectivity index (χ3v) is 5.77. The molecular weight excluding hydrogens is 372 g/mol. The zero-order valence-electron chi connectivity index (χ0n) is 17.7. The highest BCUT2D eigenvalue weighted by Crippen LogP contribution is 2.18. The summed E-state index contributed by atoms with van der Waals surface area (Å²) < 4.78 is 0. The van der Waals surface area contributed by atoms with Gasteiger partial charge in [-0.15, -0.1) is 0 Å².